The summed E-state index contributed by atoms with van der Waals surface area (Å²) in [5, 5.41) is 0. The molecule has 0 bridgehead atoms. The number of sulfonamides is 1. The maximum atomic E-state index is 11.9. The smallest absolute Gasteiger partial charge is 0.263 e. The average molecular weight is 279 g/mol. The molecule has 8 heteroatoms. The summed E-state index contributed by atoms with van der Waals surface area (Å²) >= 11 is 0. The third-order valence-electron chi connectivity index (χ3n) is 1.91. The van der Waals surface area contributed by atoms with Crippen LogP contribution in [0.25, 0.3) is 6.08 Å². The van der Waals surface area contributed by atoms with E-state index < -0.39 is 27.0 Å². The maximum absolute atomic E-state index is 11.9. The number of amides is 1. The Balaban J connectivity index is 3.00. The fourth-order valence-electron chi connectivity index (χ4n) is 1.02. The molecule has 0 radical (unpaired) electrons. The van der Waals surface area contributed by atoms with Gasteiger partial charge in [-0.25, -0.2) is 13.1 Å². The summed E-state index contributed by atoms with van der Waals surface area (Å²) in [6, 6.07) is 4.84. The van der Waals surface area contributed by atoms with Crippen molar-refractivity contribution >= 4 is 22.0 Å². The van der Waals surface area contributed by atoms with Crippen LogP contribution in [0.3, 0.4) is 0 Å². The normalized spacial score (nSPS) is 11.9. The van der Waals surface area contributed by atoms with Gasteiger partial charge >= 0.3 is 12.1 Å². The quantitative estimate of drug-likeness (QED) is 0.916. The minimum Gasteiger partial charge on any atom is -0.263 e. The van der Waals surface area contributed by atoms with E-state index in [9.17, 15) is 26.4 Å². The van der Waals surface area contributed by atoms with Gasteiger partial charge in [0.05, 0.1) is 4.90 Å². The summed E-state index contributed by atoms with van der Waals surface area (Å²) in [6.45, 7) is 3.44. The van der Waals surface area contributed by atoms with E-state index in [-0.39, 0.29) is 0 Å². The first kappa shape index (κ1) is 14.2. The lowest BCUT2D eigenvalue weighted by Gasteiger charge is -2.08. The highest BCUT2D eigenvalue weighted by Crippen LogP contribution is 2.17. The topological polar surface area (TPSA) is 63.2 Å². The summed E-state index contributed by atoms with van der Waals surface area (Å²) in [5.41, 5.74) is 0.594. The van der Waals surface area contributed by atoms with Crippen molar-refractivity contribution in [3.05, 3.63) is 36.4 Å². The van der Waals surface area contributed by atoms with Crippen molar-refractivity contribution in [1.82, 2.24) is 4.72 Å². The molecular weight excluding hydrogens is 271 g/mol. The van der Waals surface area contributed by atoms with Gasteiger partial charge in [0.2, 0.25) is 0 Å². The van der Waals surface area contributed by atoms with Gasteiger partial charge in [0.25, 0.3) is 10.0 Å². The summed E-state index contributed by atoms with van der Waals surface area (Å²) in [7, 11) is -4.52. The van der Waals surface area contributed by atoms with Crippen LogP contribution in [-0.4, -0.2) is 20.5 Å². The second kappa shape index (κ2) is 4.81. The number of hydrogen-bond acceptors (Lipinski definition) is 3. The monoisotopic (exact) mass is 279 g/mol. The zero-order valence-electron chi connectivity index (χ0n) is 8.86. The van der Waals surface area contributed by atoms with Crippen LogP contribution in [-0.2, 0) is 14.8 Å². The first-order valence-electron chi connectivity index (χ1n) is 4.53. The molecular formula is C10H8F3NO3S. The number of carbonyl (C=O) groups is 1. The van der Waals surface area contributed by atoms with E-state index in [0.717, 1.165) is 16.9 Å². The van der Waals surface area contributed by atoms with Crippen molar-refractivity contribution in [2.75, 3.05) is 0 Å². The lowest BCUT2D eigenvalue weighted by atomic mass is 10.2. The first-order chi connectivity index (χ1) is 8.16. The van der Waals surface area contributed by atoms with Crippen LogP contribution < -0.4 is 4.72 Å². The molecule has 1 amide bonds. The SMILES string of the molecule is C=Cc1ccc(S(=O)(=O)NC(=O)C(F)(F)F)cc1. The standard InChI is InChI=1S/C10H8F3NO3S/c1-2-7-3-5-8(6-4-7)18(16,17)14-9(15)10(11,12)13/h2-6H,1H2,(H,14,15). The van der Waals surface area contributed by atoms with Gasteiger partial charge in [-0.05, 0) is 17.7 Å². The van der Waals surface area contributed by atoms with E-state index in [1.165, 1.54) is 18.2 Å². The minimum absolute atomic E-state index is 0.439. The fourth-order valence-corrected chi connectivity index (χ4v) is 1.99. The van der Waals surface area contributed by atoms with Gasteiger partial charge in [-0.15, -0.1) is 0 Å². The highest BCUT2D eigenvalue weighted by atomic mass is 32.2. The van der Waals surface area contributed by atoms with Crippen LogP contribution in [0.5, 0.6) is 0 Å². The Kier molecular flexibility index (Phi) is 3.80. The lowest BCUT2D eigenvalue weighted by Crippen LogP contribution is -2.40. The Hall–Kier alpha value is -1.83. The lowest BCUT2D eigenvalue weighted by molar-refractivity contribution is -0.171. The van der Waals surface area contributed by atoms with Gasteiger partial charge in [-0.2, -0.15) is 13.2 Å². The van der Waals surface area contributed by atoms with Crippen LogP contribution in [0.2, 0.25) is 0 Å². The van der Waals surface area contributed by atoms with Crippen LogP contribution in [0.1, 0.15) is 5.56 Å². The van der Waals surface area contributed by atoms with E-state index in [1.807, 2.05) is 0 Å². The zero-order valence-corrected chi connectivity index (χ0v) is 9.68. The third kappa shape index (κ3) is 3.33. The van der Waals surface area contributed by atoms with Gasteiger partial charge < -0.3 is 0 Å². The molecule has 0 unspecified atom stereocenters. The molecule has 0 aliphatic heterocycles. The average Bonchev–Trinajstić information content (AvgIpc) is 2.27. The molecule has 0 aromatic heterocycles. The highest BCUT2D eigenvalue weighted by molar-refractivity contribution is 7.90. The van der Waals surface area contributed by atoms with Gasteiger partial charge in [-0.1, -0.05) is 24.8 Å². The molecule has 0 saturated heterocycles. The molecule has 1 aromatic carbocycles. The molecule has 1 N–H and O–H groups in total. The molecule has 1 aromatic rings. The Morgan fingerprint density at radius 3 is 2.11 bits per heavy atom. The number of nitrogens with one attached hydrogen (secondary N) is 1. The number of rotatable bonds is 3. The molecule has 0 aliphatic rings. The van der Waals surface area contributed by atoms with Crippen LogP contribution in [0.15, 0.2) is 35.7 Å². The molecule has 98 valence electrons. The molecule has 0 spiro atoms. The minimum atomic E-state index is -5.26. The predicted octanol–water partition coefficient (Wildman–Crippen LogP) is 1.70. The number of hydrogen-bond donors (Lipinski definition) is 1. The van der Waals surface area contributed by atoms with Gasteiger partial charge in [0, 0.05) is 0 Å². The van der Waals surface area contributed by atoms with Crippen molar-refractivity contribution in [1.29, 1.82) is 0 Å². The number of benzene rings is 1. The van der Waals surface area contributed by atoms with Gasteiger partial charge in [0.1, 0.15) is 0 Å². The van der Waals surface area contributed by atoms with Crippen molar-refractivity contribution in [2.24, 2.45) is 0 Å². The third-order valence-corrected chi connectivity index (χ3v) is 3.26. The van der Waals surface area contributed by atoms with Crippen molar-refractivity contribution in [3.8, 4) is 0 Å². The highest BCUT2D eigenvalue weighted by Gasteiger charge is 2.41. The van der Waals surface area contributed by atoms with Crippen LogP contribution >= 0.6 is 0 Å². The van der Waals surface area contributed by atoms with E-state index in [0.29, 0.717) is 5.56 Å². The number of alkyl halides is 3. The Labute approximate surface area is 101 Å². The molecule has 0 aliphatic carbocycles. The second-order valence-corrected chi connectivity index (χ2v) is 4.89. The Bertz CT molecular complexity index is 561. The van der Waals surface area contributed by atoms with Gasteiger partial charge in [0.15, 0.2) is 0 Å². The van der Waals surface area contributed by atoms with Crippen molar-refractivity contribution in [3.63, 3.8) is 0 Å². The molecule has 0 heterocycles. The summed E-state index contributed by atoms with van der Waals surface area (Å²) in [4.78, 5) is 10.1. The largest absolute Gasteiger partial charge is 0.472 e. The van der Waals surface area contributed by atoms with Crippen LogP contribution in [0, 0.1) is 0 Å². The second-order valence-electron chi connectivity index (χ2n) is 3.21. The Morgan fingerprint density at radius 2 is 1.72 bits per heavy atom. The van der Waals surface area contributed by atoms with E-state index in [4.69, 9.17) is 0 Å². The van der Waals surface area contributed by atoms with Gasteiger partial charge in [-0.3, -0.25) is 4.79 Å². The fraction of sp³-hybridized carbons (Fsp3) is 0.100. The number of halogens is 3. The van der Waals surface area contributed by atoms with E-state index >= 15 is 0 Å². The predicted molar refractivity (Wildman–Crippen MR) is 57.9 cm³/mol. The zero-order chi connectivity index (χ0) is 14.0. The molecule has 4 nitrogen and oxygen atoms in total. The van der Waals surface area contributed by atoms with Crippen LogP contribution in [0.4, 0.5) is 13.2 Å². The first-order valence-corrected chi connectivity index (χ1v) is 6.01. The molecule has 1 rings (SSSR count). The Morgan fingerprint density at radius 1 is 1.22 bits per heavy atom. The molecule has 0 fully saturated rings. The van der Waals surface area contributed by atoms with E-state index in [2.05, 4.69) is 6.58 Å². The molecule has 18 heavy (non-hydrogen) atoms. The summed E-state index contributed by atoms with van der Waals surface area (Å²) < 4.78 is 59.6. The summed E-state index contributed by atoms with van der Waals surface area (Å²) in [6.07, 6.45) is -3.82. The maximum Gasteiger partial charge on any atom is 0.472 e. The number of carbonyl (C=O) groups excluding carboxylic acids is 1. The van der Waals surface area contributed by atoms with Crippen molar-refractivity contribution in [2.45, 2.75) is 11.1 Å². The summed E-state index contributed by atoms with van der Waals surface area (Å²) in [5.74, 6) is -2.53. The van der Waals surface area contributed by atoms with Crippen molar-refractivity contribution < 1.29 is 26.4 Å². The van der Waals surface area contributed by atoms with E-state index in [1.54, 1.807) is 0 Å². The molecule has 0 atom stereocenters. The molecule has 0 saturated carbocycles.